The Bertz CT molecular complexity index is 796. The number of carbonyl (C=O) groups is 1. The molecule has 0 unspecified atom stereocenters. The van der Waals surface area contributed by atoms with Gasteiger partial charge in [-0.1, -0.05) is 0 Å². The van der Waals surface area contributed by atoms with E-state index in [1.54, 1.807) is 4.57 Å². The molecule has 0 radical (unpaired) electrons. The number of anilines is 1. The Hall–Kier alpha value is -2.52. The Morgan fingerprint density at radius 1 is 1.43 bits per heavy atom. The molecule has 1 aliphatic heterocycles. The molecule has 1 aliphatic rings. The largest absolute Gasteiger partial charge is 0.338 e. The van der Waals surface area contributed by atoms with Gasteiger partial charge in [0, 0.05) is 45.1 Å². The first kappa shape index (κ1) is 15.4. The third kappa shape index (κ3) is 2.76. The van der Waals surface area contributed by atoms with Crippen molar-refractivity contribution in [3.63, 3.8) is 0 Å². The SMILES string of the molecule is CCn1cc(C(=O)NN)c(=O)c2cnc(N3CCNCC3)nc21. The predicted molar refractivity (Wildman–Crippen MR) is 86.2 cm³/mol. The number of hydrazine groups is 1. The fourth-order valence-corrected chi connectivity index (χ4v) is 2.66. The predicted octanol–water partition coefficient (Wildman–Crippen LogP) is -1.18. The molecule has 3 rings (SSSR count). The van der Waals surface area contributed by atoms with Gasteiger partial charge in [-0.05, 0) is 6.92 Å². The highest BCUT2D eigenvalue weighted by Gasteiger charge is 2.18. The van der Waals surface area contributed by atoms with Crippen molar-refractivity contribution >= 4 is 22.9 Å². The molecule has 0 spiro atoms. The number of carbonyl (C=O) groups excluding carboxylic acids is 1. The van der Waals surface area contributed by atoms with Gasteiger partial charge in [-0.3, -0.25) is 15.0 Å². The van der Waals surface area contributed by atoms with Gasteiger partial charge in [0.15, 0.2) is 0 Å². The number of aromatic nitrogens is 3. The Labute approximate surface area is 132 Å². The van der Waals surface area contributed by atoms with Gasteiger partial charge in [0.2, 0.25) is 11.4 Å². The number of fused-ring (bicyclic) bond motifs is 1. The molecule has 1 amide bonds. The van der Waals surface area contributed by atoms with Crippen molar-refractivity contribution in [3.05, 3.63) is 28.2 Å². The second kappa shape index (κ2) is 6.31. The molecule has 4 N–H and O–H groups in total. The lowest BCUT2D eigenvalue weighted by atomic mass is 10.2. The number of nitrogens with two attached hydrogens (primary N) is 1. The molecule has 0 atom stereocenters. The van der Waals surface area contributed by atoms with Gasteiger partial charge in [-0.15, -0.1) is 0 Å². The zero-order valence-corrected chi connectivity index (χ0v) is 12.9. The highest BCUT2D eigenvalue weighted by Crippen LogP contribution is 2.14. The number of hydrogen-bond donors (Lipinski definition) is 3. The van der Waals surface area contributed by atoms with Gasteiger partial charge < -0.3 is 14.8 Å². The van der Waals surface area contributed by atoms with Gasteiger partial charge in [-0.2, -0.15) is 4.98 Å². The zero-order valence-electron chi connectivity index (χ0n) is 12.9. The molecular formula is C14H19N7O2. The van der Waals surface area contributed by atoms with Crippen LogP contribution in [0.15, 0.2) is 17.2 Å². The van der Waals surface area contributed by atoms with Crippen LogP contribution in [0.1, 0.15) is 17.3 Å². The third-order valence-corrected chi connectivity index (χ3v) is 3.92. The summed E-state index contributed by atoms with van der Waals surface area (Å²) in [6.45, 7) is 5.86. The van der Waals surface area contributed by atoms with Gasteiger partial charge >= 0.3 is 0 Å². The lowest BCUT2D eigenvalue weighted by molar-refractivity contribution is 0.0952. The first-order chi connectivity index (χ1) is 11.2. The highest BCUT2D eigenvalue weighted by molar-refractivity contribution is 5.96. The number of hydrogen-bond acceptors (Lipinski definition) is 7. The van der Waals surface area contributed by atoms with E-state index in [0.717, 1.165) is 26.2 Å². The van der Waals surface area contributed by atoms with Crippen molar-refractivity contribution in [2.45, 2.75) is 13.5 Å². The molecule has 9 heteroatoms. The van der Waals surface area contributed by atoms with Crippen LogP contribution in [0.4, 0.5) is 5.95 Å². The minimum absolute atomic E-state index is 0.0135. The Kier molecular flexibility index (Phi) is 4.22. The molecule has 0 bridgehead atoms. The van der Waals surface area contributed by atoms with E-state index in [1.807, 2.05) is 12.3 Å². The second-order valence-electron chi connectivity index (χ2n) is 5.28. The molecule has 9 nitrogen and oxygen atoms in total. The van der Waals surface area contributed by atoms with Crippen molar-refractivity contribution in [1.82, 2.24) is 25.3 Å². The number of nitrogen functional groups attached to an aromatic ring is 1. The minimum atomic E-state index is -0.620. The molecule has 0 aromatic carbocycles. The summed E-state index contributed by atoms with van der Waals surface area (Å²) >= 11 is 0. The van der Waals surface area contributed by atoms with Gasteiger partial charge in [0.25, 0.3) is 5.91 Å². The number of nitrogens with one attached hydrogen (secondary N) is 2. The van der Waals surface area contributed by atoms with E-state index in [2.05, 4.69) is 20.2 Å². The Morgan fingerprint density at radius 3 is 2.83 bits per heavy atom. The summed E-state index contributed by atoms with van der Waals surface area (Å²) in [5.41, 5.74) is 2.09. The van der Waals surface area contributed by atoms with E-state index in [-0.39, 0.29) is 5.56 Å². The van der Waals surface area contributed by atoms with Crippen molar-refractivity contribution in [2.75, 3.05) is 31.1 Å². The van der Waals surface area contributed by atoms with Crippen molar-refractivity contribution < 1.29 is 4.79 Å². The molecule has 122 valence electrons. The topological polar surface area (TPSA) is 118 Å². The van der Waals surface area contributed by atoms with Crippen molar-refractivity contribution in [3.8, 4) is 0 Å². The Balaban J connectivity index is 2.15. The van der Waals surface area contributed by atoms with Gasteiger partial charge in [0.05, 0.1) is 5.39 Å². The maximum atomic E-state index is 12.5. The van der Waals surface area contributed by atoms with Gasteiger partial charge in [0.1, 0.15) is 11.2 Å². The zero-order chi connectivity index (χ0) is 16.4. The molecule has 1 saturated heterocycles. The molecule has 3 heterocycles. The molecule has 2 aromatic rings. The fourth-order valence-electron chi connectivity index (χ4n) is 2.66. The number of nitrogens with zero attached hydrogens (tertiary/aromatic N) is 4. The van der Waals surface area contributed by atoms with Crippen molar-refractivity contribution in [2.24, 2.45) is 5.84 Å². The maximum absolute atomic E-state index is 12.5. The first-order valence-corrected chi connectivity index (χ1v) is 7.52. The van der Waals surface area contributed by atoms with Crippen LogP contribution in [0.2, 0.25) is 0 Å². The standard InChI is InChI=1S/C14H19N7O2/c1-2-20-8-10(13(23)19-15)11(22)9-7-17-14(18-12(9)20)21-5-3-16-4-6-21/h7-8,16H,2-6,15H2,1H3,(H,19,23). The average Bonchev–Trinajstić information content (AvgIpc) is 2.62. The van der Waals surface area contributed by atoms with E-state index >= 15 is 0 Å². The highest BCUT2D eigenvalue weighted by atomic mass is 16.2. The van der Waals surface area contributed by atoms with Crippen LogP contribution < -0.4 is 26.9 Å². The summed E-state index contributed by atoms with van der Waals surface area (Å²) in [4.78, 5) is 35.1. The molecule has 0 aliphatic carbocycles. The second-order valence-corrected chi connectivity index (χ2v) is 5.28. The lowest BCUT2D eigenvalue weighted by Crippen LogP contribution is -2.44. The molecule has 0 saturated carbocycles. The van der Waals surface area contributed by atoms with Crippen LogP contribution in [0.25, 0.3) is 11.0 Å². The van der Waals surface area contributed by atoms with Crippen molar-refractivity contribution in [1.29, 1.82) is 0 Å². The number of aryl methyl sites for hydroxylation is 1. The average molecular weight is 317 g/mol. The van der Waals surface area contributed by atoms with Crippen LogP contribution in [0.3, 0.4) is 0 Å². The number of pyridine rings is 1. The quantitative estimate of drug-likeness (QED) is 0.370. The van der Waals surface area contributed by atoms with Crippen LogP contribution in [0.5, 0.6) is 0 Å². The molecule has 2 aromatic heterocycles. The summed E-state index contributed by atoms with van der Waals surface area (Å²) < 4.78 is 1.76. The van der Waals surface area contributed by atoms with Crippen LogP contribution >= 0.6 is 0 Å². The first-order valence-electron chi connectivity index (χ1n) is 7.52. The summed E-state index contributed by atoms with van der Waals surface area (Å²) in [5, 5.41) is 3.58. The fraction of sp³-hybridized carbons (Fsp3) is 0.429. The van der Waals surface area contributed by atoms with E-state index in [4.69, 9.17) is 5.84 Å². The third-order valence-electron chi connectivity index (χ3n) is 3.92. The summed E-state index contributed by atoms with van der Waals surface area (Å²) in [6, 6.07) is 0. The van der Waals surface area contributed by atoms with Crippen LogP contribution in [-0.4, -0.2) is 46.6 Å². The molecule has 23 heavy (non-hydrogen) atoms. The Morgan fingerprint density at radius 2 is 2.17 bits per heavy atom. The monoisotopic (exact) mass is 317 g/mol. The molecular weight excluding hydrogens is 298 g/mol. The summed E-state index contributed by atoms with van der Waals surface area (Å²) in [5.74, 6) is 5.11. The lowest BCUT2D eigenvalue weighted by Gasteiger charge is -2.27. The van der Waals surface area contributed by atoms with E-state index < -0.39 is 11.3 Å². The van der Waals surface area contributed by atoms with E-state index in [1.165, 1.54) is 12.4 Å². The smallest absolute Gasteiger partial charge is 0.270 e. The van der Waals surface area contributed by atoms with E-state index in [9.17, 15) is 9.59 Å². The summed E-state index contributed by atoms with van der Waals surface area (Å²) in [6.07, 6.45) is 2.98. The van der Waals surface area contributed by atoms with Gasteiger partial charge in [-0.25, -0.2) is 10.8 Å². The van der Waals surface area contributed by atoms with Crippen LogP contribution in [0, 0.1) is 0 Å². The van der Waals surface area contributed by atoms with Crippen LogP contribution in [-0.2, 0) is 6.54 Å². The number of rotatable bonds is 3. The summed E-state index contributed by atoms with van der Waals surface area (Å²) in [7, 11) is 0. The number of piperazine rings is 1. The normalized spacial score (nSPS) is 15.0. The number of amides is 1. The minimum Gasteiger partial charge on any atom is -0.338 e. The van der Waals surface area contributed by atoms with E-state index in [0.29, 0.717) is 23.5 Å². The molecule has 1 fully saturated rings. The maximum Gasteiger partial charge on any atom is 0.270 e.